The molecule has 0 atom stereocenters. The van der Waals surface area contributed by atoms with E-state index in [9.17, 15) is 31.1 Å². The molecule has 5 nitrogen and oxygen atoms in total. The number of rotatable bonds is 6. The van der Waals surface area contributed by atoms with E-state index in [2.05, 4.69) is 10.2 Å². The molecule has 2 saturated heterocycles. The molecule has 4 rings (SSSR count). The average Bonchev–Trinajstić information content (AvgIpc) is 2.91. The molecule has 0 radical (unpaired) electrons. The van der Waals surface area contributed by atoms with Crippen LogP contribution in [0.5, 0.6) is 0 Å². The number of anilines is 2. The highest BCUT2D eigenvalue weighted by Crippen LogP contribution is 2.35. The summed E-state index contributed by atoms with van der Waals surface area (Å²) in [6, 6.07) is 10.3. The van der Waals surface area contributed by atoms with Gasteiger partial charge in [0.1, 0.15) is 0 Å². The van der Waals surface area contributed by atoms with Gasteiger partial charge in [0.25, 0.3) is 0 Å². The van der Waals surface area contributed by atoms with Crippen LogP contribution in [0.15, 0.2) is 42.5 Å². The fraction of sp³-hybridized carbons (Fsp3) is 0.500. The summed E-state index contributed by atoms with van der Waals surface area (Å²) in [6.45, 7) is 2.50. The number of nitriles is 1. The Morgan fingerprint density at radius 3 is 2.10 bits per heavy atom. The number of carbonyl (C=O) groups is 1. The minimum absolute atomic E-state index is 0.0661. The first-order valence-electron chi connectivity index (χ1n) is 13.0. The van der Waals surface area contributed by atoms with Crippen LogP contribution in [0, 0.1) is 17.2 Å². The van der Waals surface area contributed by atoms with Crippen LogP contribution in [-0.2, 0) is 17.1 Å². The minimum atomic E-state index is -4.61. The number of halogens is 6. The van der Waals surface area contributed by atoms with E-state index in [-0.39, 0.29) is 11.9 Å². The van der Waals surface area contributed by atoms with Gasteiger partial charge in [-0.3, -0.25) is 4.79 Å². The normalized spacial score (nSPS) is 17.7. The number of nitrogens with one attached hydrogen (secondary N) is 1. The molecule has 210 valence electrons. The molecule has 2 aromatic rings. The van der Waals surface area contributed by atoms with Crippen LogP contribution in [0.4, 0.5) is 37.7 Å². The van der Waals surface area contributed by atoms with Gasteiger partial charge in [0.2, 0.25) is 5.91 Å². The van der Waals surface area contributed by atoms with Crippen LogP contribution in [0.2, 0.25) is 0 Å². The summed E-state index contributed by atoms with van der Waals surface area (Å²) in [5.74, 6) is 0.439. The van der Waals surface area contributed by atoms with Crippen LogP contribution in [0.25, 0.3) is 0 Å². The number of nitrogens with zero attached hydrogens (tertiary/aromatic N) is 3. The van der Waals surface area contributed by atoms with Gasteiger partial charge in [0.05, 0.1) is 22.8 Å². The lowest BCUT2D eigenvalue weighted by Gasteiger charge is -2.35. The summed E-state index contributed by atoms with van der Waals surface area (Å²) in [7, 11) is 0. The summed E-state index contributed by atoms with van der Waals surface area (Å²) in [4.78, 5) is 16.6. The maximum Gasteiger partial charge on any atom is 0.417 e. The molecule has 1 amide bonds. The van der Waals surface area contributed by atoms with Gasteiger partial charge < -0.3 is 15.1 Å². The summed E-state index contributed by atoms with van der Waals surface area (Å²) >= 11 is 0. The first-order valence-corrected chi connectivity index (χ1v) is 13.0. The molecule has 2 aliphatic rings. The standard InChI is InChI=1S/C28H30F6N4O/c29-27(30,31)21-3-6-24(7-4-21)37-13-9-19(10-14-37)1-8-26(39)38-15-11-22(12-16-38)36-23-5-2-20(18-35)25(17-23)28(32,33)34/h2-7,17,19,22,36H,1,8-16H2. The largest absolute Gasteiger partial charge is 0.417 e. The Balaban J connectivity index is 1.19. The van der Waals surface area contributed by atoms with Crippen LogP contribution in [-0.4, -0.2) is 43.0 Å². The molecule has 0 unspecified atom stereocenters. The van der Waals surface area contributed by atoms with Crippen LogP contribution >= 0.6 is 0 Å². The lowest BCUT2D eigenvalue weighted by molar-refractivity contribution is -0.138. The maximum absolute atomic E-state index is 13.2. The average molecular weight is 553 g/mol. The Morgan fingerprint density at radius 1 is 0.897 bits per heavy atom. The highest BCUT2D eigenvalue weighted by molar-refractivity contribution is 5.76. The van der Waals surface area contributed by atoms with Crippen LogP contribution < -0.4 is 10.2 Å². The summed E-state index contributed by atoms with van der Waals surface area (Å²) in [6.07, 6.45) is -4.84. The lowest BCUT2D eigenvalue weighted by atomic mass is 9.91. The van der Waals surface area contributed by atoms with Crippen molar-refractivity contribution in [2.45, 2.75) is 56.9 Å². The number of alkyl halides is 6. The van der Waals surface area contributed by atoms with Gasteiger partial charge >= 0.3 is 12.4 Å². The molecule has 0 bridgehead atoms. The smallest absolute Gasteiger partial charge is 0.382 e. The molecule has 2 aromatic carbocycles. The molecular formula is C28H30F6N4O. The second-order valence-electron chi connectivity index (χ2n) is 10.2. The predicted octanol–water partition coefficient (Wildman–Crippen LogP) is 6.70. The molecule has 2 fully saturated rings. The van der Waals surface area contributed by atoms with E-state index < -0.39 is 29.0 Å². The number of amides is 1. The van der Waals surface area contributed by atoms with Crippen molar-refractivity contribution in [2.75, 3.05) is 36.4 Å². The molecule has 39 heavy (non-hydrogen) atoms. The molecular weight excluding hydrogens is 522 g/mol. The third-order valence-corrected chi connectivity index (χ3v) is 7.60. The number of benzene rings is 2. The number of hydrogen-bond acceptors (Lipinski definition) is 4. The first kappa shape index (κ1) is 28.6. The van der Waals surface area contributed by atoms with Gasteiger partial charge in [-0.1, -0.05) is 0 Å². The monoisotopic (exact) mass is 552 g/mol. The van der Waals surface area contributed by atoms with Crippen molar-refractivity contribution in [1.29, 1.82) is 5.26 Å². The van der Waals surface area contributed by atoms with Crippen molar-refractivity contribution in [3.63, 3.8) is 0 Å². The van der Waals surface area contributed by atoms with Crippen molar-refractivity contribution >= 4 is 17.3 Å². The van der Waals surface area contributed by atoms with Gasteiger partial charge in [-0.2, -0.15) is 31.6 Å². The van der Waals surface area contributed by atoms with E-state index in [0.29, 0.717) is 44.0 Å². The van der Waals surface area contributed by atoms with Crippen molar-refractivity contribution in [3.8, 4) is 6.07 Å². The van der Waals surface area contributed by atoms with Crippen molar-refractivity contribution < 1.29 is 31.1 Å². The fourth-order valence-corrected chi connectivity index (χ4v) is 5.30. The number of likely N-dealkylation sites (tertiary alicyclic amines) is 1. The van der Waals surface area contributed by atoms with E-state index in [1.807, 2.05) is 0 Å². The fourth-order valence-electron chi connectivity index (χ4n) is 5.30. The Morgan fingerprint density at radius 2 is 1.54 bits per heavy atom. The molecule has 1 N–H and O–H groups in total. The Bertz CT molecular complexity index is 1170. The Labute approximate surface area is 223 Å². The number of carbonyl (C=O) groups excluding carboxylic acids is 1. The first-order chi connectivity index (χ1) is 18.4. The minimum Gasteiger partial charge on any atom is -0.382 e. The third kappa shape index (κ3) is 7.37. The van der Waals surface area contributed by atoms with Crippen molar-refractivity contribution in [2.24, 2.45) is 5.92 Å². The molecule has 2 heterocycles. The lowest BCUT2D eigenvalue weighted by Crippen LogP contribution is -2.42. The van der Waals surface area contributed by atoms with Crippen LogP contribution in [0.3, 0.4) is 0 Å². The van der Waals surface area contributed by atoms with E-state index in [0.717, 1.165) is 62.3 Å². The molecule has 11 heteroatoms. The topological polar surface area (TPSA) is 59.4 Å². The second kappa shape index (κ2) is 11.8. The molecule has 0 aliphatic carbocycles. The SMILES string of the molecule is N#Cc1ccc(NC2CCN(C(=O)CCC3CCN(c4ccc(C(F)(F)F)cc4)CC3)CC2)cc1C(F)(F)F. The van der Waals surface area contributed by atoms with E-state index >= 15 is 0 Å². The zero-order valence-electron chi connectivity index (χ0n) is 21.3. The van der Waals surface area contributed by atoms with Gasteiger partial charge in [-0.25, -0.2) is 0 Å². The third-order valence-electron chi connectivity index (χ3n) is 7.60. The summed E-state index contributed by atoms with van der Waals surface area (Å²) < 4.78 is 78.0. The van der Waals surface area contributed by atoms with Crippen molar-refractivity contribution in [1.82, 2.24) is 4.90 Å². The van der Waals surface area contributed by atoms with Gasteiger partial charge in [0.15, 0.2) is 0 Å². The van der Waals surface area contributed by atoms with E-state index in [1.165, 1.54) is 18.2 Å². The molecule has 0 aromatic heterocycles. The van der Waals surface area contributed by atoms with E-state index in [1.54, 1.807) is 11.0 Å². The quantitative estimate of drug-likeness (QED) is 0.406. The highest BCUT2D eigenvalue weighted by atomic mass is 19.4. The second-order valence-corrected chi connectivity index (χ2v) is 10.2. The Hall–Kier alpha value is -3.42. The van der Waals surface area contributed by atoms with E-state index in [4.69, 9.17) is 5.26 Å². The molecule has 0 spiro atoms. The predicted molar refractivity (Wildman–Crippen MR) is 135 cm³/mol. The van der Waals surface area contributed by atoms with Gasteiger partial charge in [-0.05, 0) is 80.5 Å². The molecule has 0 saturated carbocycles. The summed E-state index contributed by atoms with van der Waals surface area (Å²) in [5.41, 5.74) is -0.978. The zero-order chi connectivity index (χ0) is 28.2. The number of piperidine rings is 2. The van der Waals surface area contributed by atoms with Gasteiger partial charge in [-0.15, -0.1) is 0 Å². The summed E-state index contributed by atoms with van der Waals surface area (Å²) in [5, 5.41) is 12.1. The zero-order valence-corrected chi connectivity index (χ0v) is 21.3. The van der Waals surface area contributed by atoms with Crippen LogP contribution in [0.1, 0.15) is 55.2 Å². The number of hydrogen-bond donors (Lipinski definition) is 1. The van der Waals surface area contributed by atoms with Gasteiger partial charge in [0, 0.05) is 50.0 Å². The van der Waals surface area contributed by atoms with Crippen molar-refractivity contribution in [3.05, 3.63) is 59.2 Å². The molecule has 2 aliphatic heterocycles. The Kier molecular flexibility index (Phi) is 8.62. The maximum atomic E-state index is 13.2. The highest BCUT2D eigenvalue weighted by Gasteiger charge is 2.34.